The van der Waals surface area contributed by atoms with Gasteiger partial charge in [0.1, 0.15) is 5.60 Å². The lowest BCUT2D eigenvalue weighted by atomic mass is 9.76. The third-order valence-electron chi connectivity index (χ3n) is 6.34. The molecule has 0 spiro atoms. The van der Waals surface area contributed by atoms with Gasteiger partial charge >= 0.3 is 5.97 Å². The smallest absolute Gasteiger partial charge is 0.327 e. The highest BCUT2D eigenvalue weighted by Gasteiger charge is 2.52. The molecular formula is C25H29FN2O4S. The number of carbonyl (C=O) groups excluding carboxylic acids is 2. The van der Waals surface area contributed by atoms with Crippen LogP contribution in [0.15, 0.2) is 41.8 Å². The molecule has 6 nitrogen and oxygen atoms in total. The van der Waals surface area contributed by atoms with Crippen LogP contribution in [-0.2, 0) is 20.7 Å². The lowest BCUT2D eigenvalue weighted by Crippen LogP contribution is -2.53. The summed E-state index contributed by atoms with van der Waals surface area (Å²) in [6.07, 6.45) is 8.18. The Labute approximate surface area is 197 Å². The van der Waals surface area contributed by atoms with Crippen molar-refractivity contribution in [2.75, 3.05) is 0 Å². The molecule has 2 fully saturated rings. The van der Waals surface area contributed by atoms with Crippen LogP contribution in [-0.4, -0.2) is 38.7 Å². The van der Waals surface area contributed by atoms with Crippen LogP contribution in [0.25, 0.3) is 0 Å². The van der Waals surface area contributed by atoms with Crippen LogP contribution in [0.4, 0.5) is 4.39 Å². The normalized spacial score (nSPS) is 23.7. The van der Waals surface area contributed by atoms with E-state index in [-0.39, 0.29) is 30.0 Å². The molecule has 8 heteroatoms. The molecule has 2 aliphatic rings. The molecule has 1 aliphatic carbocycles. The predicted molar refractivity (Wildman–Crippen MR) is 123 cm³/mol. The average Bonchev–Trinajstić information content (AvgIpc) is 3.33. The molecule has 2 aromatic rings. The number of ketones is 1. The minimum atomic E-state index is -0.952. The molecular weight excluding hydrogens is 443 g/mol. The highest BCUT2D eigenvalue weighted by molar-refractivity contribution is 8.01. The molecule has 176 valence electrons. The van der Waals surface area contributed by atoms with Crippen LogP contribution >= 0.6 is 11.8 Å². The molecule has 0 radical (unpaired) electrons. The third kappa shape index (κ3) is 5.54. The Morgan fingerprint density at radius 3 is 2.58 bits per heavy atom. The fraction of sp³-hybridized carbons (Fsp3) is 0.520. The molecule has 1 aromatic heterocycles. The number of ether oxygens (including phenoxy) is 2. The van der Waals surface area contributed by atoms with Crippen molar-refractivity contribution in [2.45, 2.75) is 80.9 Å². The third-order valence-corrected chi connectivity index (χ3v) is 7.46. The molecule has 1 saturated carbocycles. The van der Waals surface area contributed by atoms with Gasteiger partial charge in [-0.2, -0.15) is 0 Å². The number of aryl methyl sites for hydroxylation is 1. The van der Waals surface area contributed by atoms with Gasteiger partial charge in [0.25, 0.3) is 0 Å². The number of nitrogens with zero attached hydrogens (tertiary/aromatic N) is 2. The minimum absolute atomic E-state index is 0.115. The van der Waals surface area contributed by atoms with Gasteiger partial charge in [0.05, 0.1) is 6.10 Å². The van der Waals surface area contributed by atoms with Crippen molar-refractivity contribution in [3.05, 3.63) is 48.0 Å². The van der Waals surface area contributed by atoms with Crippen LogP contribution in [0.1, 0.15) is 57.9 Å². The molecule has 1 aromatic carbocycles. The van der Waals surface area contributed by atoms with Gasteiger partial charge in [-0.3, -0.25) is 9.59 Å². The summed E-state index contributed by atoms with van der Waals surface area (Å²) in [4.78, 5) is 34.4. The standard InChI is InChI=1S/C25H29FN2O4S/c1-16(2)31-21-9-8-17(14-19(21)26)10-11-25(18-6-3-4-7-18)15-20(29)22(23(30)32-25)33-24-27-12-5-13-28-24/h5,8-9,12-14,16,18,22H,3-4,6-7,10-11,15H2,1-2H3. The zero-order valence-electron chi connectivity index (χ0n) is 19.0. The van der Waals surface area contributed by atoms with E-state index >= 15 is 0 Å². The first-order chi connectivity index (χ1) is 15.9. The number of cyclic esters (lactones) is 1. The zero-order chi connectivity index (χ0) is 23.4. The van der Waals surface area contributed by atoms with Gasteiger partial charge in [0.15, 0.2) is 27.8 Å². The number of hydrogen-bond donors (Lipinski definition) is 0. The maximum Gasteiger partial charge on any atom is 0.327 e. The topological polar surface area (TPSA) is 78.4 Å². The molecule has 2 heterocycles. The van der Waals surface area contributed by atoms with Crippen LogP contribution in [0.5, 0.6) is 5.75 Å². The summed E-state index contributed by atoms with van der Waals surface area (Å²) < 4.78 is 26.0. The van der Waals surface area contributed by atoms with E-state index in [4.69, 9.17) is 9.47 Å². The van der Waals surface area contributed by atoms with Gasteiger partial charge in [-0.25, -0.2) is 14.4 Å². The van der Waals surface area contributed by atoms with E-state index in [2.05, 4.69) is 9.97 Å². The van der Waals surface area contributed by atoms with E-state index in [0.717, 1.165) is 43.0 Å². The molecule has 0 N–H and O–H groups in total. The van der Waals surface area contributed by atoms with Crippen molar-refractivity contribution in [2.24, 2.45) is 5.92 Å². The number of Topliss-reactive ketones (excluding diaryl/α,β-unsaturated/α-hetero) is 1. The fourth-order valence-corrected chi connectivity index (χ4v) is 5.62. The average molecular weight is 473 g/mol. The summed E-state index contributed by atoms with van der Waals surface area (Å²) in [6.45, 7) is 3.70. The maximum absolute atomic E-state index is 14.5. The number of rotatable bonds is 8. The first-order valence-corrected chi connectivity index (χ1v) is 12.4. The summed E-state index contributed by atoms with van der Waals surface area (Å²) in [5.41, 5.74) is -0.0540. The summed E-state index contributed by atoms with van der Waals surface area (Å²) >= 11 is 1.04. The molecule has 2 atom stereocenters. The SMILES string of the molecule is CC(C)Oc1ccc(CCC2(C3CCCC3)CC(=O)C(Sc3ncccn3)C(=O)O2)cc1F. The first-order valence-electron chi connectivity index (χ1n) is 11.5. The van der Waals surface area contributed by atoms with E-state index in [1.54, 1.807) is 24.5 Å². The lowest BCUT2D eigenvalue weighted by Gasteiger charge is -2.42. The maximum atomic E-state index is 14.5. The van der Waals surface area contributed by atoms with Crippen molar-refractivity contribution in [3.8, 4) is 5.75 Å². The number of thioether (sulfide) groups is 1. The molecule has 0 bridgehead atoms. The van der Waals surface area contributed by atoms with E-state index < -0.39 is 22.6 Å². The Morgan fingerprint density at radius 1 is 1.21 bits per heavy atom. The fourth-order valence-electron chi connectivity index (χ4n) is 4.80. The largest absolute Gasteiger partial charge is 0.488 e. The number of aromatic nitrogens is 2. The minimum Gasteiger partial charge on any atom is -0.488 e. The van der Waals surface area contributed by atoms with Crippen molar-refractivity contribution in [1.29, 1.82) is 0 Å². The second kappa shape index (κ2) is 10.2. The lowest BCUT2D eigenvalue weighted by molar-refractivity contribution is -0.177. The summed E-state index contributed by atoms with van der Waals surface area (Å²) in [6, 6.07) is 6.62. The quantitative estimate of drug-likeness (QED) is 0.306. The van der Waals surface area contributed by atoms with Crippen LogP contribution in [0.2, 0.25) is 0 Å². The molecule has 1 saturated heterocycles. The predicted octanol–water partition coefficient (Wildman–Crippen LogP) is 4.94. The van der Waals surface area contributed by atoms with Crippen molar-refractivity contribution < 1.29 is 23.5 Å². The number of carbonyl (C=O) groups is 2. The van der Waals surface area contributed by atoms with Crippen LogP contribution in [0.3, 0.4) is 0 Å². The Bertz CT molecular complexity index is 977. The first kappa shape index (κ1) is 23.7. The molecule has 4 rings (SSSR count). The summed E-state index contributed by atoms with van der Waals surface area (Å²) in [5, 5.41) is -0.577. The molecule has 33 heavy (non-hydrogen) atoms. The molecule has 2 unspecified atom stereocenters. The molecule has 1 aliphatic heterocycles. The van der Waals surface area contributed by atoms with Gasteiger partial charge in [-0.05, 0) is 69.2 Å². The van der Waals surface area contributed by atoms with Gasteiger partial charge in [-0.1, -0.05) is 30.7 Å². The van der Waals surface area contributed by atoms with E-state index in [9.17, 15) is 14.0 Å². The second-order valence-corrected chi connectivity index (χ2v) is 10.1. The van der Waals surface area contributed by atoms with Gasteiger partial charge in [-0.15, -0.1) is 0 Å². The van der Waals surface area contributed by atoms with E-state index in [0.29, 0.717) is 18.0 Å². The number of hydrogen-bond acceptors (Lipinski definition) is 7. The van der Waals surface area contributed by atoms with Crippen LogP contribution in [0, 0.1) is 11.7 Å². The number of halogens is 1. The summed E-state index contributed by atoms with van der Waals surface area (Å²) in [7, 11) is 0. The van der Waals surface area contributed by atoms with Gasteiger partial charge in [0, 0.05) is 18.8 Å². The Kier molecular flexibility index (Phi) is 7.32. The van der Waals surface area contributed by atoms with Crippen molar-refractivity contribution >= 4 is 23.5 Å². The molecule has 0 amide bonds. The zero-order valence-corrected chi connectivity index (χ0v) is 19.8. The Balaban J connectivity index is 1.50. The Hall–Kier alpha value is -2.48. The van der Waals surface area contributed by atoms with Gasteiger partial charge < -0.3 is 9.47 Å². The number of esters is 1. The van der Waals surface area contributed by atoms with E-state index in [1.807, 2.05) is 19.9 Å². The Morgan fingerprint density at radius 2 is 1.94 bits per heavy atom. The highest BCUT2D eigenvalue weighted by Crippen LogP contribution is 2.45. The van der Waals surface area contributed by atoms with Crippen molar-refractivity contribution in [1.82, 2.24) is 9.97 Å². The summed E-state index contributed by atoms with van der Waals surface area (Å²) in [5.74, 6) is -0.726. The van der Waals surface area contributed by atoms with Gasteiger partial charge in [0.2, 0.25) is 0 Å². The van der Waals surface area contributed by atoms with Crippen LogP contribution < -0.4 is 4.74 Å². The van der Waals surface area contributed by atoms with Crippen molar-refractivity contribution in [3.63, 3.8) is 0 Å². The van der Waals surface area contributed by atoms with E-state index in [1.165, 1.54) is 6.07 Å². The second-order valence-electron chi connectivity index (χ2n) is 9.07. The monoisotopic (exact) mass is 472 g/mol. The number of benzene rings is 1. The highest BCUT2D eigenvalue weighted by atomic mass is 32.2.